The molecule has 2 rings (SSSR count). The molecule has 1 aliphatic heterocycles. The van der Waals surface area contributed by atoms with Crippen LogP contribution in [0.4, 0.5) is 5.69 Å². The summed E-state index contributed by atoms with van der Waals surface area (Å²) in [5.74, 6) is 0. The van der Waals surface area contributed by atoms with Crippen molar-refractivity contribution in [2.75, 3.05) is 36.5 Å². The Morgan fingerprint density at radius 2 is 1.89 bits per heavy atom. The Hall–Kier alpha value is -0.620. The standard InChI is InChI=1S/C13H18BrNO3/c14-9-12(16)13(17)10-3-1-2-4-11(10)15-5-7-18-8-6-15/h1-4,12-13,16-17H,5-9H2. The van der Waals surface area contributed by atoms with Gasteiger partial charge >= 0.3 is 0 Å². The third-order valence-electron chi connectivity index (χ3n) is 3.13. The number of aliphatic hydroxyl groups excluding tert-OH is 2. The number of hydrogen-bond acceptors (Lipinski definition) is 4. The van der Waals surface area contributed by atoms with Gasteiger partial charge in [-0.1, -0.05) is 34.1 Å². The molecule has 4 nitrogen and oxygen atoms in total. The lowest BCUT2D eigenvalue weighted by Gasteiger charge is -2.32. The van der Waals surface area contributed by atoms with E-state index >= 15 is 0 Å². The molecule has 1 fully saturated rings. The van der Waals surface area contributed by atoms with Gasteiger partial charge in [-0.05, 0) is 6.07 Å². The van der Waals surface area contributed by atoms with Crippen LogP contribution < -0.4 is 4.90 Å². The number of benzene rings is 1. The summed E-state index contributed by atoms with van der Waals surface area (Å²) in [6, 6.07) is 7.66. The lowest BCUT2D eigenvalue weighted by atomic mass is 10.0. The van der Waals surface area contributed by atoms with E-state index in [2.05, 4.69) is 20.8 Å². The van der Waals surface area contributed by atoms with Gasteiger partial charge in [0.25, 0.3) is 0 Å². The maximum absolute atomic E-state index is 10.2. The van der Waals surface area contributed by atoms with E-state index in [0.717, 1.165) is 24.3 Å². The molecule has 0 saturated carbocycles. The van der Waals surface area contributed by atoms with Crippen molar-refractivity contribution in [3.63, 3.8) is 0 Å². The Bertz CT molecular complexity index is 361. The average molecular weight is 316 g/mol. The molecule has 0 spiro atoms. The molecule has 2 N–H and O–H groups in total. The van der Waals surface area contributed by atoms with E-state index in [1.54, 1.807) is 0 Å². The Kier molecular flexibility index (Phi) is 5.00. The van der Waals surface area contributed by atoms with E-state index in [1.807, 2.05) is 24.3 Å². The number of halogens is 1. The molecule has 1 aromatic carbocycles. The first-order chi connectivity index (χ1) is 8.74. The van der Waals surface area contributed by atoms with Crippen molar-refractivity contribution in [2.45, 2.75) is 12.2 Å². The van der Waals surface area contributed by atoms with E-state index in [0.29, 0.717) is 18.5 Å². The first-order valence-electron chi connectivity index (χ1n) is 6.07. The maximum Gasteiger partial charge on any atom is 0.108 e. The molecule has 0 radical (unpaired) electrons. The molecule has 18 heavy (non-hydrogen) atoms. The van der Waals surface area contributed by atoms with Gasteiger partial charge in [-0.3, -0.25) is 0 Å². The van der Waals surface area contributed by atoms with Crippen LogP contribution in [0, 0.1) is 0 Å². The molecular formula is C13H18BrNO3. The Morgan fingerprint density at radius 1 is 1.22 bits per heavy atom. The van der Waals surface area contributed by atoms with Crippen LogP contribution in [-0.4, -0.2) is 48.0 Å². The van der Waals surface area contributed by atoms with Crippen molar-refractivity contribution in [3.8, 4) is 0 Å². The summed E-state index contributed by atoms with van der Waals surface area (Å²) in [4.78, 5) is 2.18. The van der Waals surface area contributed by atoms with E-state index in [4.69, 9.17) is 4.74 Å². The topological polar surface area (TPSA) is 52.9 Å². The van der Waals surface area contributed by atoms with Gasteiger partial charge < -0.3 is 19.8 Å². The van der Waals surface area contributed by atoms with Gasteiger partial charge in [0.15, 0.2) is 0 Å². The second-order valence-corrected chi connectivity index (χ2v) is 4.97. The third-order valence-corrected chi connectivity index (χ3v) is 3.79. The Balaban J connectivity index is 2.24. The summed E-state index contributed by atoms with van der Waals surface area (Å²) < 4.78 is 5.33. The average Bonchev–Trinajstić information content (AvgIpc) is 2.46. The van der Waals surface area contributed by atoms with Crippen molar-refractivity contribution < 1.29 is 14.9 Å². The predicted molar refractivity (Wildman–Crippen MR) is 74.2 cm³/mol. The fourth-order valence-corrected chi connectivity index (χ4v) is 2.48. The van der Waals surface area contributed by atoms with Crippen molar-refractivity contribution in [2.24, 2.45) is 0 Å². The Labute approximate surface area is 115 Å². The van der Waals surface area contributed by atoms with Crippen LogP contribution >= 0.6 is 15.9 Å². The van der Waals surface area contributed by atoms with Gasteiger partial charge in [0.05, 0.1) is 19.3 Å². The smallest absolute Gasteiger partial charge is 0.108 e. The van der Waals surface area contributed by atoms with E-state index in [-0.39, 0.29) is 0 Å². The minimum Gasteiger partial charge on any atom is -0.389 e. The lowest BCUT2D eigenvalue weighted by Crippen LogP contribution is -2.37. The summed E-state index contributed by atoms with van der Waals surface area (Å²) in [6.07, 6.45) is -1.67. The number of hydrogen-bond donors (Lipinski definition) is 2. The number of morpholine rings is 1. The van der Waals surface area contributed by atoms with Crippen LogP contribution in [0.5, 0.6) is 0 Å². The molecule has 100 valence electrons. The summed E-state index contributed by atoms with van der Waals surface area (Å²) >= 11 is 3.19. The molecule has 2 unspecified atom stereocenters. The minimum atomic E-state index is -0.872. The predicted octanol–water partition coefficient (Wildman–Crippen LogP) is 1.31. The lowest BCUT2D eigenvalue weighted by molar-refractivity contribution is 0.0343. The molecule has 1 aromatic rings. The van der Waals surface area contributed by atoms with Gasteiger partial charge in [0, 0.05) is 29.7 Å². The minimum absolute atomic E-state index is 0.353. The highest BCUT2D eigenvalue weighted by molar-refractivity contribution is 9.09. The molecule has 1 saturated heterocycles. The number of anilines is 1. The van der Waals surface area contributed by atoms with Crippen molar-refractivity contribution in [1.82, 2.24) is 0 Å². The monoisotopic (exact) mass is 315 g/mol. The molecule has 0 amide bonds. The van der Waals surface area contributed by atoms with Crippen molar-refractivity contribution >= 4 is 21.6 Å². The fraction of sp³-hybridized carbons (Fsp3) is 0.538. The SMILES string of the molecule is OC(CBr)C(O)c1ccccc1N1CCOCC1. The molecular weight excluding hydrogens is 298 g/mol. The van der Waals surface area contributed by atoms with Gasteiger partial charge in [-0.2, -0.15) is 0 Å². The van der Waals surface area contributed by atoms with Crippen LogP contribution in [0.2, 0.25) is 0 Å². The van der Waals surface area contributed by atoms with Crippen LogP contribution in [0.3, 0.4) is 0 Å². The van der Waals surface area contributed by atoms with Gasteiger partial charge in [0.2, 0.25) is 0 Å². The van der Waals surface area contributed by atoms with Gasteiger partial charge in [-0.25, -0.2) is 0 Å². The second kappa shape index (κ2) is 6.52. The summed E-state index contributed by atoms with van der Waals surface area (Å²) in [6.45, 7) is 3.03. The van der Waals surface area contributed by atoms with E-state index < -0.39 is 12.2 Å². The first-order valence-corrected chi connectivity index (χ1v) is 7.20. The van der Waals surface area contributed by atoms with Crippen LogP contribution in [0.1, 0.15) is 11.7 Å². The first kappa shape index (κ1) is 13.8. The summed E-state index contributed by atoms with van der Waals surface area (Å²) in [5.41, 5.74) is 1.75. The molecule has 1 aliphatic rings. The zero-order chi connectivity index (χ0) is 13.0. The number of nitrogens with zero attached hydrogens (tertiary/aromatic N) is 1. The van der Waals surface area contributed by atoms with E-state index in [9.17, 15) is 10.2 Å². The van der Waals surface area contributed by atoms with Crippen molar-refractivity contribution in [1.29, 1.82) is 0 Å². The number of aliphatic hydroxyl groups is 2. The van der Waals surface area contributed by atoms with Gasteiger partial charge in [-0.15, -0.1) is 0 Å². The zero-order valence-corrected chi connectivity index (χ0v) is 11.7. The molecule has 2 atom stereocenters. The van der Waals surface area contributed by atoms with Crippen LogP contribution in [0.25, 0.3) is 0 Å². The second-order valence-electron chi connectivity index (χ2n) is 4.32. The normalized spacial score (nSPS) is 19.6. The highest BCUT2D eigenvalue weighted by Gasteiger charge is 2.23. The maximum atomic E-state index is 10.2. The van der Waals surface area contributed by atoms with Crippen LogP contribution in [0.15, 0.2) is 24.3 Å². The fourth-order valence-electron chi connectivity index (χ4n) is 2.12. The van der Waals surface area contributed by atoms with E-state index in [1.165, 1.54) is 0 Å². The van der Waals surface area contributed by atoms with Crippen LogP contribution in [-0.2, 0) is 4.74 Å². The highest BCUT2D eigenvalue weighted by Crippen LogP contribution is 2.29. The zero-order valence-electron chi connectivity index (χ0n) is 10.1. The number of rotatable bonds is 4. The summed E-state index contributed by atoms with van der Waals surface area (Å²) in [7, 11) is 0. The number of ether oxygens (including phenoxy) is 1. The quantitative estimate of drug-likeness (QED) is 0.823. The largest absolute Gasteiger partial charge is 0.389 e. The van der Waals surface area contributed by atoms with Gasteiger partial charge in [0.1, 0.15) is 6.10 Å². The molecule has 1 heterocycles. The summed E-state index contributed by atoms with van der Waals surface area (Å²) in [5, 5.41) is 20.3. The number of alkyl halides is 1. The molecule has 0 bridgehead atoms. The Morgan fingerprint density at radius 3 is 2.56 bits per heavy atom. The molecule has 0 aromatic heterocycles. The molecule has 0 aliphatic carbocycles. The number of para-hydroxylation sites is 1. The third kappa shape index (κ3) is 3.03. The highest BCUT2D eigenvalue weighted by atomic mass is 79.9. The molecule has 5 heteroatoms. The van der Waals surface area contributed by atoms with Crippen molar-refractivity contribution in [3.05, 3.63) is 29.8 Å².